The third kappa shape index (κ3) is 5.63. The second-order valence-corrected chi connectivity index (χ2v) is 16.8. The number of aryl methyl sites for hydroxylation is 6. The van der Waals surface area contributed by atoms with E-state index in [2.05, 4.69) is 36.1 Å². The van der Waals surface area contributed by atoms with Crippen LogP contribution >= 0.6 is 15.9 Å². The lowest BCUT2D eigenvalue weighted by atomic mass is 10.1. The third-order valence-electron chi connectivity index (χ3n) is 9.09. The molecule has 0 aliphatic heterocycles. The maximum absolute atomic E-state index is 13.2. The lowest BCUT2D eigenvalue weighted by molar-refractivity contribution is 0.587. The van der Waals surface area contributed by atoms with Crippen molar-refractivity contribution in [3.63, 3.8) is 0 Å². The normalized spacial score (nSPS) is 12.3. The van der Waals surface area contributed by atoms with Crippen LogP contribution in [-0.4, -0.2) is 54.3 Å². The van der Waals surface area contributed by atoms with E-state index in [1.54, 1.807) is 88.9 Å². The third-order valence-corrected chi connectivity index (χ3v) is 13.0. The van der Waals surface area contributed by atoms with E-state index in [1.165, 1.54) is 7.94 Å². The fourth-order valence-electron chi connectivity index (χ4n) is 6.38. The van der Waals surface area contributed by atoms with E-state index in [-0.39, 0.29) is 9.79 Å². The number of nitrogens with zero attached hydrogens (tertiary/aromatic N) is 8. The van der Waals surface area contributed by atoms with Gasteiger partial charge in [0.2, 0.25) is 0 Å². The average molecular weight is 788 g/mol. The van der Waals surface area contributed by atoms with E-state index in [9.17, 15) is 16.8 Å². The summed E-state index contributed by atoms with van der Waals surface area (Å²) in [6.07, 6.45) is 9.83. The molecule has 0 atom stereocenters. The molecule has 0 spiro atoms. The van der Waals surface area contributed by atoms with Crippen molar-refractivity contribution in [3.05, 3.63) is 106 Å². The highest BCUT2D eigenvalue weighted by molar-refractivity contribution is 9.10. The van der Waals surface area contributed by atoms with Crippen LogP contribution in [0.5, 0.6) is 0 Å². The van der Waals surface area contributed by atoms with Crippen LogP contribution in [0.4, 0.5) is 0 Å². The van der Waals surface area contributed by atoms with Crippen molar-refractivity contribution in [1.82, 2.24) is 37.5 Å². The van der Waals surface area contributed by atoms with Crippen LogP contribution in [0, 0.1) is 13.8 Å². The summed E-state index contributed by atoms with van der Waals surface area (Å²) in [5.74, 6) is 0. The Labute approximate surface area is 303 Å². The van der Waals surface area contributed by atoms with Gasteiger partial charge in [-0.2, -0.15) is 10.2 Å². The van der Waals surface area contributed by atoms with Gasteiger partial charge in [-0.25, -0.2) is 34.7 Å². The van der Waals surface area contributed by atoms with Crippen LogP contribution in [-0.2, 0) is 47.0 Å². The zero-order chi connectivity index (χ0) is 36.4. The Balaban J connectivity index is 0.000000159. The number of halogens is 1. The summed E-state index contributed by atoms with van der Waals surface area (Å²) in [4.78, 5) is 9.39. The molecule has 0 unspecified atom stereocenters. The van der Waals surface area contributed by atoms with Gasteiger partial charge in [0.1, 0.15) is 4.60 Å². The smallest absolute Gasteiger partial charge is 0.267 e. The molecule has 0 amide bonds. The first-order valence-corrected chi connectivity index (χ1v) is 19.9. The molecule has 51 heavy (non-hydrogen) atoms. The second kappa shape index (κ2) is 12.7. The Morgan fingerprint density at radius 2 is 1.12 bits per heavy atom. The van der Waals surface area contributed by atoms with Gasteiger partial charge in [-0.1, -0.05) is 49.2 Å². The topological polar surface area (TPSA) is 140 Å². The minimum Gasteiger partial charge on any atom is -0.267 e. The van der Waals surface area contributed by atoms with Gasteiger partial charge in [-0.15, -0.1) is 0 Å². The lowest BCUT2D eigenvalue weighted by Crippen LogP contribution is -2.12. The molecule has 0 bridgehead atoms. The average Bonchev–Trinajstić information content (AvgIpc) is 3.87. The molecule has 0 aliphatic rings. The quantitative estimate of drug-likeness (QED) is 0.179. The lowest BCUT2D eigenvalue weighted by Gasteiger charge is -2.07. The molecule has 0 aliphatic carbocycles. The van der Waals surface area contributed by atoms with Crippen LogP contribution in [0.15, 0.2) is 93.9 Å². The van der Waals surface area contributed by atoms with Gasteiger partial charge in [0.15, 0.2) is 11.3 Å². The maximum Gasteiger partial charge on any atom is 0.269 e. The summed E-state index contributed by atoms with van der Waals surface area (Å²) in [6.45, 7) is 7.86. The molecule has 2 aromatic carbocycles. The van der Waals surface area contributed by atoms with Gasteiger partial charge in [0.05, 0.1) is 32.4 Å². The van der Waals surface area contributed by atoms with Crippen molar-refractivity contribution in [2.24, 2.45) is 14.1 Å². The number of hydrogen-bond donors (Lipinski definition) is 0. The van der Waals surface area contributed by atoms with Crippen molar-refractivity contribution < 1.29 is 16.8 Å². The van der Waals surface area contributed by atoms with E-state index in [1.807, 2.05) is 41.8 Å². The van der Waals surface area contributed by atoms with E-state index in [0.29, 0.717) is 28.7 Å². The number of pyridine rings is 2. The summed E-state index contributed by atoms with van der Waals surface area (Å²) in [7, 11) is -3.75. The maximum atomic E-state index is 13.2. The molecule has 0 fully saturated rings. The number of aromatic nitrogens is 8. The Kier molecular flexibility index (Phi) is 8.63. The SMILES string of the molecule is CCc1cn(S(=O)(=O)c2ccc(C)cc2)c2ncc3c(Br)nn(C)c3c12.CCc1cn(S(=O)(=O)c2ccc(C)cc2)c2ncc3cnn(C)c3c12. The zero-order valence-electron chi connectivity index (χ0n) is 28.8. The Morgan fingerprint density at radius 1 is 0.647 bits per heavy atom. The number of rotatable bonds is 6. The first kappa shape index (κ1) is 34.6. The Morgan fingerprint density at radius 3 is 1.61 bits per heavy atom. The van der Waals surface area contributed by atoms with Crippen molar-refractivity contribution in [2.45, 2.75) is 50.3 Å². The monoisotopic (exact) mass is 786 g/mol. The molecule has 8 rings (SSSR count). The first-order valence-electron chi connectivity index (χ1n) is 16.2. The number of fused-ring (bicyclic) bond motifs is 6. The standard InChI is InChI=1S/C18H17BrN4O2S.C18H18N4O2S/c1-4-12-10-23(26(24,25)13-7-5-11(2)6-8-13)18-15(12)16-14(9-20-18)17(19)21-22(16)3;1-4-13-11-22(25(23,24)15-7-5-12(2)6-8-15)18-16(13)17-14(9-19-18)10-20-21(17)3/h5-10H,4H2,1-3H3;5-11H,4H2,1-3H3. The summed E-state index contributed by atoms with van der Waals surface area (Å²) in [5, 5.41) is 12.1. The molecule has 0 saturated heterocycles. The minimum atomic E-state index is -3.73. The van der Waals surface area contributed by atoms with Gasteiger partial charge in [-0.05, 0) is 78.0 Å². The van der Waals surface area contributed by atoms with Gasteiger partial charge in [-0.3, -0.25) is 9.36 Å². The van der Waals surface area contributed by atoms with Gasteiger partial charge >= 0.3 is 0 Å². The predicted molar refractivity (Wildman–Crippen MR) is 202 cm³/mol. The van der Waals surface area contributed by atoms with Crippen LogP contribution in [0.1, 0.15) is 36.1 Å². The molecule has 6 heterocycles. The molecule has 12 nitrogen and oxygen atoms in total. The number of benzene rings is 2. The van der Waals surface area contributed by atoms with Crippen LogP contribution in [0.2, 0.25) is 0 Å². The summed E-state index contributed by atoms with van der Waals surface area (Å²) in [5.41, 5.74) is 6.52. The van der Waals surface area contributed by atoms with Crippen LogP contribution in [0.25, 0.3) is 43.9 Å². The molecule has 0 N–H and O–H groups in total. The molecular weight excluding hydrogens is 752 g/mol. The van der Waals surface area contributed by atoms with E-state index in [0.717, 1.165) is 54.8 Å². The Hall–Kier alpha value is -4.86. The molecule has 15 heteroatoms. The summed E-state index contributed by atoms with van der Waals surface area (Å²) < 4.78 is 59.5. The van der Waals surface area contributed by atoms with E-state index < -0.39 is 20.0 Å². The highest BCUT2D eigenvalue weighted by Crippen LogP contribution is 2.34. The van der Waals surface area contributed by atoms with Gasteiger partial charge in [0.25, 0.3) is 20.0 Å². The van der Waals surface area contributed by atoms with Crippen molar-refractivity contribution in [3.8, 4) is 0 Å². The molecule has 6 aromatic heterocycles. The molecule has 262 valence electrons. The number of hydrogen-bond acceptors (Lipinski definition) is 8. The Bertz CT molecular complexity index is 2850. The summed E-state index contributed by atoms with van der Waals surface area (Å²) >= 11 is 3.44. The van der Waals surface area contributed by atoms with Crippen LogP contribution < -0.4 is 0 Å². The fourth-order valence-corrected chi connectivity index (χ4v) is 9.59. The van der Waals surface area contributed by atoms with Crippen molar-refractivity contribution in [1.29, 1.82) is 0 Å². The minimum absolute atomic E-state index is 0.246. The molecular formula is C36H35BrN8O4S2. The van der Waals surface area contributed by atoms with E-state index >= 15 is 0 Å². The largest absolute Gasteiger partial charge is 0.269 e. The molecule has 0 saturated carbocycles. The zero-order valence-corrected chi connectivity index (χ0v) is 32.0. The molecule has 0 radical (unpaired) electrons. The first-order chi connectivity index (χ1) is 24.3. The predicted octanol–water partition coefficient (Wildman–Crippen LogP) is 6.82. The van der Waals surface area contributed by atoms with Crippen LogP contribution in [0.3, 0.4) is 0 Å². The molecule has 8 aromatic rings. The van der Waals surface area contributed by atoms with Crippen molar-refractivity contribution in [2.75, 3.05) is 0 Å². The van der Waals surface area contributed by atoms with Gasteiger partial charge in [0, 0.05) is 55.0 Å². The van der Waals surface area contributed by atoms with Crippen molar-refractivity contribution >= 4 is 79.8 Å². The highest BCUT2D eigenvalue weighted by atomic mass is 79.9. The fraction of sp³-hybridized carbons (Fsp3) is 0.222. The highest BCUT2D eigenvalue weighted by Gasteiger charge is 2.26. The van der Waals surface area contributed by atoms with Gasteiger partial charge < -0.3 is 0 Å². The van der Waals surface area contributed by atoms with E-state index in [4.69, 9.17) is 0 Å². The summed E-state index contributed by atoms with van der Waals surface area (Å²) in [6, 6.07) is 13.7. The second-order valence-electron chi connectivity index (χ2n) is 12.4.